The van der Waals surface area contributed by atoms with Gasteiger partial charge in [0.15, 0.2) is 0 Å². The summed E-state index contributed by atoms with van der Waals surface area (Å²) >= 11 is 0. The molecule has 0 atom stereocenters. The summed E-state index contributed by atoms with van der Waals surface area (Å²) < 4.78 is 0. The fourth-order valence-corrected chi connectivity index (χ4v) is 3.32. The Morgan fingerprint density at radius 2 is 1.50 bits per heavy atom. The molecule has 0 fully saturated rings. The Kier molecular flexibility index (Phi) is 3.13. The second-order valence-corrected chi connectivity index (χ2v) is 6.02. The Bertz CT molecular complexity index is 1010. The van der Waals surface area contributed by atoms with Crippen molar-refractivity contribution in [2.24, 2.45) is 4.99 Å². The molecule has 0 saturated carbocycles. The molecule has 0 unspecified atom stereocenters. The number of carbonyl (C=O) groups is 1. The van der Waals surface area contributed by atoms with Crippen molar-refractivity contribution in [3.05, 3.63) is 71.3 Å². The highest BCUT2D eigenvalue weighted by molar-refractivity contribution is 6.33. The second-order valence-electron chi connectivity index (χ2n) is 6.02. The van der Waals surface area contributed by atoms with E-state index in [0.29, 0.717) is 16.8 Å². The zero-order valence-corrected chi connectivity index (χ0v) is 13.4. The first kappa shape index (κ1) is 14.5. The van der Waals surface area contributed by atoms with Crippen molar-refractivity contribution in [3.63, 3.8) is 0 Å². The summed E-state index contributed by atoms with van der Waals surface area (Å²) in [6.07, 6.45) is 0. The van der Waals surface area contributed by atoms with Crippen molar-refractivity contribution in [1.82, 2.24) is 0 Å². The molecule has 4 nitrogen and oxygen atoms in total. The first-order valence-corrected chi connectivity index (χ1v) is 7.73. The van der Waals surface area contributed by atoms with E-state index in [1.54, 1.807) is 0 Å². The molecule has 0 aliphatic carbocycles. The number of anilines is 1. The van der Waals surface area contributed by atoms with E-state index in [9.17, 15) is 9.90 Å². The van der Waals surface area contributed by atoms with Gasteiger partial charge < -0.3 is 10.0 Å². The number of fused-ring (bicyclic) bond motifs is 2. The molecule has 3 aromatic carbocycles. The average molecular weight is 316 g/mol. The van der Waals surface area contributed by atoms with Crippen LogP contribution in [0.1, 0.15) is 21.5 Å². The molecule has 118 valence electrons. The van der Waals surface area contributed by atoms with Crippen LogP contribution in [0.25, 0.3) is 10.8 Å². The van der Waals surface area contributed by atoms with Crippen LogP contribution in [-0.2, 0) is 0 Å². The summed E-state index contributed by atoms with van der Waals surface area (Å²) in [6, 6.07) is 17.0. The van der Waals surface area contributed by atoms with Gasteiger partial charge in [0.2, 0.25) is 0 Å². The number of phenolic OH excluding ortho intramolecular Hbond substituents is 1. The maximum absolute atomic E-state index is 12.6. The normalized spacial score (nSPS) is 13.1. The van der Waals surface area contributed by atoms with E-state index < -0.39 is 0 Å². The van der Waals surface area contributed by atoms with Gasteiger partial charge in [0.25, 0.3) is 5.91 Å². The van der Waals surface area contributed by atoms with Gasteiger partial charge in [-0.1, -0.05) is 54.6 Å². The van der Waals surface area contributed by atoms with Gasteiger partial charge in [0.1, 0.15) is 5.75 Å². The van der Waals surface area contributed by atoms with Crippen LogP contribution in [0.3, 0.4) is 0 Å². The van der Waals surface area contributed by atoms with Crippen LogP contribution in [-0.4, -0.2) is 30.8 Å². The fourth-order valence-electron chi connectivity index (χ4n) is 3.32. The third kappa shape index (κ3) is 1.93. The molecule has 4 rings (SSSR count). The van der Waals surface area contributed by atoms with Crippen molar-refractivity contribution in [1.29, 1.82) is 0 Å². The highest BCUT2D eigenvalue weighted by atomic mass is 16.3. The summed E-state index contributed by atoms with van der Waals surface area (Å²) in [4.78, 5) is 18.8. The van der Waals surface area contributed by atoms with E-state index in [0.717, 1.165) is 22.0 Å². The van der Waals surface area contributed by atoms with Crippen LogP contribution in [0.4, 0.5) is 5.69 Å². The molecule has 0 aromatic heterocycles. The molecule has 0 spiro atoms. The minimum Gasteiger partial charge on any atom is -0.507 e. The number of hydrogen-bond acceptors (Lipinski definition) is 3. The third-order valence-corrected chi connectivity index (χ3v) is 4.32. The van der Waals surface area contributed by atoms with Crippen LogP contribution < -0.4 is 4.90 Å². The largest absolute Gasteiger partial charge is 0.507 e. The molecule has 1 amide bonds. The molecule has 3 aromatic rings. The monoisotopic (exact) mass is 316 g/mol. The number of rotatable bonds is 2. The van der Waals surface area contributed by atoms with Gasteiger partial charge in [0, 0.05) is 30.4 Å². The summed E-state index contributed by atoms with van der Waals surface area (Å²) in [6.45, 7) is 0. The molecule has 1 aliphatic rings. The number of aliphatic imine (C=N–C) groups is 1. The Labute approximate surface area is 139 Å². The van der Waals surface area contributed by atoms with Crippen molar-refractivity contribution in [2.75, 3.05) is 19.0 Å². The van der Waals surface area contributed by atoms with E-state index in [2.05, 4.69) is 4.99 Å². The molecule has 1 heterocycles. The van der Waals surface area contributed by atoms with Gasteiger partial charge in [0.05, 0.1) is 22.5 Å². The molecule has 0 bridgehead atoms. The van der Waals surface area contributed by atoms with Gasteiger partial charge in [-0.3, -0.25) is 4.79 Å². The molecule has 1 N–H and O–H groups in total. The standard InChI is InChI=1S/C20H16N2O2/c1-22(2)18-13-10-6-7-11-14(13)19(23)15-16(18)20(24)21-17(15)12-8-4-3-5-9-12/h3-11,23H,1-2H3. The number of carbonyl (C=O) groups excluding carboxylic acids is 1. The zero-order chi connectivity index (χ0) is 16.8. The quantitative estimate of drug-likeness (QED) is 0.786. The lowest BCUT2D eigenvalue weighted by molar-refractivity contribution is 0.101. The maximum Gasteiger partial charge on any atom is 0.280 e. The fraction of sp³-hybridized carbons (Fsp3) is 0.100. The minimum absolute atomic E-state index is 0.111. The van der Waals surface area contributed by atoms with E-state index in [-0.39, 0.29) is 11.7 Å². The van der Waals surface area contributed by atoms with Gasteiger partial charge in [-0.25, -0.2) is 4.99 Å². The van der Waals surface area contributed by atoms with E-state index in [4.69, 9.17) is 0 Å². The highest BCUT2D eigenvalue weighted by Crippen LogP contribution is 2.43. The lowest BCUT2D eigenvalue weighted by Crippen LogP contribution is -2.14. The highest BCUT2D eigenvalue weighted by Gasteiger charge is 2.33. The van der Waals surface area contributed by atoms with Crippen molar-refractivity contribution < 1.29 is 9.90 Å². The van der Waals surface area contributed by atoms with Gasteiger partial charge in [-0.15, -0.1) is 0 Å². The topological polar surface area (TPSA) is 52.9 Å². The number of amides is 1. The predicted octanol–water partition coefficient (Wildman–Crippen LogP) is 3.60. The van der Waals surface area contributed by atoms with Crippen molar-refractivity contribution in [3.8, 4) is 5.75 Å². The number of aromatic hydroxyl groups is 1. The van der Waals surface area contributed by atoms with Gasteiger partial charge in [-0.05, 0) is 0 Å². The lowest BCUT2D eigenvalue weighted by atomic mass is 9.92. The Morgan fingerprint density at radius 1 is 0.875 bits per heavy atom. The predicted molar refractivity (Wildman–Crippen MR) is 96.4 cm³/mol. The number of nitrogens with zero attached hydrogens (tertiary/aromatic N) is 2. The van der Waals surface area contributed by atoms with E-state index in [1.165, 1.54) is 0 Å². The average Bonchev–Trinajstić information content (AvgIpc) is 2.93. The Morgan fingerprint density at radius 3 is 2.17 bits per heavy atom. The second kappa shape index (κ2) is 5.20. The first-order valence-electron chi connectivity index (χ1n) is 7.73. The smallest absolute Gasteiger partial charge is 0.280 e. The SMILES string of the molecule is CN(C)c1c2c(c(O)c3ccccc13)C(c1ccccc1)=NC2=O. The van der Waals surface area contributed by atoms with Crippen molar-refractivity contribution >= 4 is 28.1 Å². The first-order chi connectivity index (χ1) is 11.6. The van der Waals surface area contributed by atoms with Crippen LogP contribution in [0, 0.1) is 0 Å². The zero-order valence-electron chi connectivity index (χ0n) is 13.4. The number of benzene rings is 3. The summed E-state index contributed by atoms with van der Waals surface area (Å²) in [5.74, 6) is -0.201. The molecule has 4 heteroatoms. The molecule has 1 aliphatic heterocycles. The minimum atomic E-state index is -0.311. The molecule has 0 saturated heterocycles. The van der Waals surface area contributed by atoms with Crippen LogP contribution in [0.15, 0.2) is 59.6 Å². The molecule has 0 radical (unpaired) electrons. The van der Waals surface area contributed by atoms with Crippen LogP contribution in [0.5, 0.6) is 5.75 Å². The maximum atomic E-state index is 12.6. The summed E-state index contributed by atoms with van der Waals surface area (Å²) in [5, 5.41) is 12.4. The number of phenols is 1. The molecular weight excluding hydrogens is 300 g/mol. The van der Waals surface area contributed by atoms with Gasteiger partial charge in [-0.2, -0.15) is 0 Å². The summed E-state index contributed by atoms with van der Waals surface area (Å²) in [5.41, 5.74) is 3.13. The molecular formula is C20H16N2O2. The Hall–Kier alpha value is -3.14. The molecule has 24 heavy (non-hydrogen) atoms. The number of hydrogen-bond donors (Lipinski definition) is 1. The van der Waals surface area contributed by atoms with Gasteiger partial charge >= 0.3 is 0 Å². The Balaban J connectivity index is 2.13. The third-order valence-electron chi connectivity index (χ3n) is 4.32. The van der Waals surface area contributed by atoms with Crippen molar-refractivity contribution in [2.45, 2.75) is 0 Å². The summed E-state index contributed by atoms with van der Waals surface area (Å²) in [7, 11) is 3.79. The van der Waals surface area contributed by atoms with E-state index >= 15 is 0 Å². The van der Waals surface area contributed by atoms with E-state index in [1.807, 2.05) is 73.6 Å². The van der Waals surface area contributed by atoms with Crippen LogP contribution >= 0.6 is 0 Å². The lowest BCUT2D eigenvalue weighted by Gasteiger charge is -2.20. The van der Waals surface area contributed by atoms with Crippen LogP contribution in [0.2, 0.25) is 0 Å².